The average molecular weight is 266 g/mol. The lowest BCUT2D eigenvalue weighted by Gasteiger charge is -2.30. The molecule has 1 aromatic heterocycles. The summed E-state index contributed by atoms with van der Waals surface area (Å²) < 4.78 is 30.9. The third kappa shape index (κ3) is 2.61. The number of hydrogen-bond donors (Lipinski definition) is 0. The summed E-state index contributed by atoms with van der Waals surface area (Å²) in [5.74, 6) is -0.199. The highest BCUT2D eigenvalue weighted by molar-refractivity contribution is 5.79. The van der Waals surface area contributed by atoms with Crippen molar-refractivity contribution in [1.82, 2.24) is 10.1 Å². The molecule has 1 aromatic carbocycles. The van der Waals surface area contributed by atoms with Crippen LogP contribution in [0.1, 0.15) is 18.5 Å². The average Bonchev–Trinajstić information content (AvgIpc) is 2.81. The van der Waals surface area contributed by atoms with Gasteiger partial charge in [-0.2, -0.15) is 0 Å². The van der Waals surface area contributed by atoms with Crippen LogP contribution < -0.4 is 0 Å². The van der Waals surface area contributed by atoms with Gasteiger partial charge in [0.2, 0.25) is 0 Å². The van der Waals surface area contributed by atoms with E-state index in [1.165, 1.54) is 12.1 Å². The number of alkyl halides is 1. The van der Waals surface area contributed by atoms with E-state index in [9.17, 15) is 8.78 Å². The maximum absolute atomic E-state index is 13.1. The van der Waals surface area contributed by atoms with Crippen LogP contribution in [0.5, 0.6) is 0 Å². The van der Waals surface area contributed by atoms with E-state index in [0.717, 1.165) is 37.0 Å². The van der Waals surface area contributed by atoms with E-state index in [-0.39, 0.29) is 18.4 Å². The Balaban J connectivity index is 1.77. The third-order valence-corrected chi connectivity index (χ3v) is 3.70. The smallest absolute Gasteiger partial charge is 0.170 e. The van der Waals surface area contributed by atoms with Crippen molar-refractivity contribution in [2.75, 3.05) is 19.8 Å². The monoisotopic (exact) mass is 266 g/mol. The van der Waals surface area contributed by atoms with Gasteiger partial charge in [0.1, 0.15) is 11.5 Å². The van der Waals surface area contributed by atoms with Crippen molar-refractivity contribution in [3.8, 4) is 0 Å². The van der Waals surface area contributed by atoms with Gasteiger partial charge in [0.05, 0.1) is 6.67 Å². The number of piperidine rings is 1. The van der Waals surface area contributed by atoms with Gasteiger partial charge in [-0.1, -0.05) is 5.16 Å². The fraction of sp³-hybridized carbons (Fsp3) is 0.500. The SMILES string of the molecule is FCC1CCCN(Cc2noc3cc(F)ccc23)C1. The molecule has 0 radical (unpaired) electrons. The second-order valence-corrected chi connectivity index (χ2v) is 5.17. The lowest BCUT2D eigenvalue weighted by molar-refractivity contribution is 0.145. The lowest BCUT2D eigenvalue weighted by Crippen LogP contribution is -2.35. The first kappa shape index (κ1) is 12.5. The van der Waals surface area contributed by atoms with Gasteiger partial charge in [-0.25, -0.2) is 4.39 Å². The number of likely N-dealkylation sites (tertiary alicyclic amines) is 1. The van der Waals surface area contributed by atoms with Gasteiger partial charge >= 0.3 is 0 Å². The molecule has 102 valence electrons. The number of benzene rings is 1. The van der Waals surface area contributed by atoms with E-state index in [4.69, 9.17) is 4.52 Å². The molecule has 1 atom stereocenters. The fourth-order valence-corrected chi connectivity index (χ4v) is 2.71. The summed E-state index contributed by atoms with van der Waals surface area (Å²) in [5.41, 5.74) is 1.27. The molecule has 0 saturated carbocycles. The van der Waals surface area contributed by atoms with Crippen molar-refractivity contribution >= 4 is 11.0 Å². The van der Waals surface area contributed by atoms with E-state index in [1.54, 1.807) is 6.07 Å². The minimum atomic E-state index is -0.328. The Morgan fingerprint density at radius 2 is 2.32 bits per heavy atom. The zero-order valence-corrected chi connectivity index (χ0v) is 10.6. The molecule has 2 heterocycles. The molecule has 1 fully saturated rings. The van der Waals surface area contributed by atoms with Gasteiger partial charge in [0, 0.05) is 30.5 Å². The first-order valence-corrected chi connectivity index (χ1v) is 6.58. The zero-order valence-electron chi connectivity index (χ0n) is 10.6. The summed E-state index contributed by atoms with van der Waals surface area (Å²) in [6.45, 7) is 2.08. The van der Waals surface area contributed by atoms with Crippen LogP contribution in [0.15, 0.2) is 22.7 Å². The number of rotatable bonds is 3. The highest BCUT2D eigenvalue weighted by atomic mass is 19.1. The molecule has 1 saturated heterocycles. The maximum Gasteiger partial charge on any atom is 0.170 e. The van der Waals surface area contributed by atoms with Gasteiger partial charge < -0.3 is 4.52 Å². The van der Waals surface area contributed by atoms with E-state index in [2.05, 4.69) is 10.1 Å². The first-order valence-electron chi connectivity index (χ1n) is 6.58. The van der Waals surface area contributed by atoms with Crippen molar-refractivity contribution in [2.45, 2.75) is 19.4 Å². The van der Waals surface area contributed by atoms with E-state index in [1.807, 2.05) is 0 Å². The van der Waals surface area contributed by atoms with Gasteiger partial charge in [-0.3, -0.25) is 9.29 Å². The molecular formula is C14H16F2N2O. The molecule has 5 heteroatoms. The van der Waals surface area contributed by atoms with Gasteiger partial charge in [-0.15, -0.1) is 0 Å². The van der Waals surface area contributed by atoms with E-state index < -0.39 is 0 Å². The van der Waals surface area contributed by atoms with Crippen LogP contribution in [0.2, 0.25) is 0 Å². The summed E-state index contributed by atoms with van der Waals surface area (Å²) >= 11 is 0. The lowest BCUT2D eigenvalue weighted by atomic mass is 9.99. The molecule has 0 aliphatic carbocycles. The van der Waals surface area contributed by atoms with Crippen molar-refractivity contribution in [3.05, 3.63) is 29.7 Å². The molecule has 0 spiro atoms. The highest BCUT2D eigenvalue weighted by Crippen LogP contribution is 2.23. The van der Waals surface area contributed by atoms with Crippen molar-refractivity contribution < 1.29 is 13.3 Å². The second kappa shape index (κ2) is 5.25. The molecule has 0 N–H and O–H groups in total. The number of hydrogen-bond acceptors (Lipinski definition) is 3. The molecule has 0 bridgehead atoms. The Labute approximate surface area is 110 Å². The standard InChI is InChI=1S/C14H16F2N2O/c15-7-10-2-1-5-18(8-10)9-13-12-4-3-11(16)6-14(12)19-17-13/h3-4,6,10H,1-2,5,7-9H2. The van der Waals surface area contributed by atoms with Crippen molar-refractivity contribution in [3.63, 3.8) is 0 Å². The predicted molar refractivity (Wildman–Crippen MR) is 67.9 cm³/mol. The summed E-state index contributed by atoms with van der Waals surface area (Å²) in [5, 5.41) is 4.84. The minimum absolute atomic E-state index is 0.129. The minimum Gasteiger partial charge on any atom is -0.356 e. The van der Waals surface area contributed by atoms with Crippen LogP contribution in [-0.4, -0.2) is 29.8 Å². The maximum atomic E-state index is 13.1. The number of aromatic nitrogens is 1. The molecule has 0 amide bonds. The normalized spacial score (nSPS) is 21.1. The quantitative estimate of drug-likeness (QED) is 0.854. The van der Waals surface area contributed by atoms with Gasteiger partial charge in [0.25, 0.3) is 0 Å². The molecule has 1 aliphatic rings. The van der Waals surface area contributed by atoms with Crippen molar-refractivity contribution in [2.24, 2.45) is 5.92 Å². The predicted octanol–water partition coefficient (Wildman–Crippen LogP) is 3.15. The molecule has 2 aromatic rings. The Bertz CT molecular complexity index is 570. The van der Waals surface area contributed by atoms with E-state index in [0.29, 0.717) is 12.1 Å². The van der Waals surface area contributed by atoms with Gasteiger partial charge in [-0.05, 0) is 31.5 Å². The van der Waals surface area contributed by atoms with Crippen LogP contribution in [0.4, 0.5) is 8.78 Å². The summed E-state index contributed by atoms with van der Waals surface area (Å²) in [7, 11) is 0. The van der Waals surface area contributed by atoms with Crippen LogP contribution >= 0.6 is 0 Å². The molecule has 1 unspecified atom stereocenters. The number of nitrogens with zero attached hydrogens (tertiary/aromatic N) is 2. The molecular weight excluding hydrogens is 250 g/mol. The second-order valence-electron chi connectivity index (χ2n) is 5.17. The largest absolute Gasteiger partial charge is 0.356 e. The Kier molecular flexibility index (Phi) is 3.46. The fourth-order valence-electron chi connectivity index (χ4n) is 2.71. The molecule has 19 heavy (non-hydrogen) atoms. The summed E-state index contributed by atoms with van der Waals surface area (Å²) in [6, 6.07) is 4.43. The molecule has 3 rings (SSSR count). The Hall–Kier alpha value is -1.49. The van der Waals surface area contributed by atoms with Gasteiger partial charge in [0.15, 0.2) is 5.58 Å². The van der Waals surface area contributed by atoms with Crippen molar-refractivity contribution in [1.29, 1.82) is 0 Å². The van der Waals surface area contributed by atoms with Crippen LogP contribution in [-0.2, 0) is 6.54 Å². The number of halogens is 2. The summed E-state index contributed by atoms with van der Waals surface area (Å²) in [4.78, 5) is 2.19. The Morgan fingerprint density at radius 1 is 1.42 bits per heavy atom. The molecule has 1 aliphatic heterocycles. The molecule has 3 nitrogen and oxygen atoms in total. The first-order chi connectivity index (χ1) is 9.26. The van der Waals surface area contributed by atoms with Crippen LogP contribution in [0, 0.1) is 11.7 Å². The number of fused-ring (bicyclic) bond motifs is 1. The van der Waals surface area contributed by atoms with Crippen LogP contribution in [0.25, 0.3) is 11.0 Å². The highest BCUT2D eigenvalue weighted by Gasteiger charge is 2.21. The zero-order chi connectivity index (χ0) is 13.2. The van der Waals surface area contributed by atoms with Crippen LogP contribution in [0.3, 0.4) is 0 Å². The topological polar surface area (TPSA) is 29.3 Å². The van der Waals surface area contributed by atoms with E-state index >= 15 is 0 Å². The Morgan fingerprint density at radius 3 is 3.16 bits per heavy atom. The third-order valence-electron chi connectivity index (χ3n) is 3.70. The summed E-state index contributed by atoms with van der Waals surface area (Å²) in [6.07, 6.45) is 1.97.